The summed E-state index contributed by atoms with van der Waals surface area (Å²) in [5, 5.41) is 3.28. The van der Waals surface area contributed by atoms with Crippen molar-refractivity contribution in [1.29, 1.82) is 0 Å². The van der Waals surface area contributed by atoms with Crippen molar-refractivity contribution in [3.63, 3.8) is 0 Å². The van der Waals surface area contributed by atoms with Crippen molar-refractivity contribution in [2.45, 2.75) is 6.54 Å². The molecule has 0 saturated carbocycles. The van der Waals surface area contributed by atoms with Crippen LogP contribution < -0.4 is 15.0 Å². The van der Waals surface area contributed by atoms with Gasteiger partial charge in [0.05, 0.1) is 5.02 Å². The number of rotatable bonds is 6. The lowest BCUT2D eigenvalue weighted by Crippen LogP contribution is -2.28. The van der Waals surface area contributed by atoms with Gasteiger partial charge in [0.25, 0.3) is 5.91 Å². The standard InChI is InChI=1S/C17H18BrClN2O2/c1-21(2)14-6-3-12(4-7-14)10-20-17(22)11-23-16-8-5-13(18)9-15(16)19/h3-9H,10-11H2,1-2H3,(H,20,22). The third-order valence-corrected chi connectivity index (χ3v) is 3.98. The monoisotopic (exact) mass is 396 g/mol. The van der Waals surface area contributed by atoms with E-state index in [1.165, 1.54) is 0 Å². The van der Waals surface area contributed by atoms with Crippen LogP contribution >= 0.6 is 27.5 Å². The number of hydrogen-bond donors (Lipinski definition) is 1. The Morgan fingerprint density at radius 1 is 1.22 bits per heavy atom. The lowest BCUT2D eigenvalue weighted by molar-refractivity contribution is -0.123. The van der Waals surface area contributed by atoms with E-state index >= 15 is 0 Å². The molecule has 0 heterocycles. The molecule has 2 aromatic rings. The zero-order valence-electron chi connectivity index (χ0n) is 13.0. The van der Waals surface area contributed by atoms with E-state index in [1.807, 2.05) is 49.3 Å². The van der Waals surface area contributed by atoms with Crippen LogP contribution in [0.2, 0.25) is 5.02 Å². The van der Waals surface area contributed by atoms with Crippen molar-refractivity contribution in [3.8, 4) is 5.75 Å². The number of halogens is 2. The summed E-state index contributed by atoms with van der Waals surface area (Å²) in [6.45, 7) is 0.390. The highest BCUT2D eigenvalue weighted by atomic mass is 79.9. The van der Waals surface area contributed by atoms with E-state index in [0.717, 1.165) is 15.7 Å². The molecule has 0 aliphatic rings. The molecule has 122 valence electrons. The van der Waals surface area contributed by atoms with Crippen LogP contribution in [0.25, 0.3) is 0 Å². The first-order valence-electron chi connectivity index (χ1n) is 7.06. The SMILES string of the molecule is CN(C)c1ccc(CNC(=O)COc2ccc(Br)cc2Cl)cc1. The van der Waals surface area contributed by atoms with Crippen molar-refractivity contribution < 1.29 is 9.53 Å². The maximum atomic E-state index is 11.8. The first-order valence-corrected chi connectivity index (χ1v) is 8.23. The number of nitrogens with one attached hydrogen (secondary N) is 1. The largest absolute Gasteiger partial charge is 0.482 e. The summed E-state index contributed by atoms with van der Waals surface area (Å²) in [4.78, 5) is 13.9. The molecule has 2 aromatic carbocycles. The molecule has 0 unspecified atom stereocenters. The molecule has 0 aliphatic carbocycles. The van der Waals surface area contributed by atoms with E-state index < -0.39 is 0 Å². The molecule has 0 fully saturated rings. The summed E-state index contributed by atoms with van der Waals surface area (Å²) < 4.78 is 6.28. The van der Waals surface area contributed by atoms with Gasteiger partial charge in [0.15, 0.2) is 6.61 Å². The maximum Gasteiger partial charge on any atom is 0.258 e. The summed E-state index contributed by atoms with van der Waals surface area (Å²) >= 11 is 9.35. The Morgan fingerprint density at radius 3 is 2.52 bits per heavy atom. The van der Waals surface area contributed by atoms with Gasteiger partial charge >= 0.3 is 0 Å². The van der Waals surface area contributed by atoms with Gasteiger partial charge in [0, 0.05) is 30.8 Å². The molecule has 0 aliphatic heterocycles. The molecular formula is C17H18BrClN2O2. The number of hydrogen-bond acceptors (Lipinski definition) is 3. The zero-order chi connectivity index (χ0) is 16.8. The Bertz CT molecular complexity index is 675. The van der Waals surface area contributed by atoms with Crippen LogP contribution in [0.3, 0.4) is 0 Å². The first-order chi connectivity index (χ1) is 11.0. The topological polar surface area (TPSA) is 41.6 Å². The van der Waals surface area contributed by atoms with Gasteiger partial charge in [-0.1, -0.05) is 39.7 Å². The van der Waals surface area contributed by atoms with E-state index in [1.54, 1.807) is 12.1 Å². The third-order valence-electron chi connectivity index (χ3n) is 3.20. The molecule has 0 saturated heterocycles. The highest BCUT2D eigenvalue weighted by molar-refractivity contribution is 9.10. The average Bonchev–Trinajstić information content (AvgIpc) is 2.52. The fourth-order valence-electron chi connectivity index (χ4n) is 1.90. The number of carbonyl (C=O) groups excluding carboxylic acids is 1. The minimum absolute atomic E-state index is 0.0723. The Kier molecular flexibility index (Phi) is 6.30. The number of anilines is 1. The van der Waals surface area contributed by atoms with E-state index in [0.29, 0.717) is 17.3 Å². The Hall–Kier alpha value is -1.72. The predicted octanol–water partition coefficient (Wildman–Crippen LogP) is 3.86. The first kappa shape index (κ1) is 17.6. The zero-order valence-corrected chi connectivity index (χ0v) is 15.3. The Labute approximate surface area is 149 Å². The quantitative estimate of drug-likeness (QED) is 0.804. The van der Waals surface area contributed by atoms with Gasteiger partial charge < -0.3 is 15.0 Å². The molecule has 6 heteroatoms. The smallest absolute Gasteiger partial charge is 0.258 e. The maximum absolute atomic E-state index is 11.8. The van der Waals surface area contributed by atoms with Crippen molar-refractivity contribution in [1.82, 2.24) is 5.32 Å². The summed E-state index contributed by atoms with van der Waals surface area (Å²) in [5.41, 5.74) is 2.15. The highest BCUT2D eigenvalue weighted by Gasteiger charge is 2.06. The Morgan fingerprint density at radius 2 is 1.91 bits per heavy atom. The molecule has 4 nitrogen and oxygen atoms in total. The number of ether oxygens (including phenoxy) is 1. The van der Waals surface area contributed by atoms with Crippen LogP contribution in [0.4, 0.5) is 5.69 Å². The van der Waals surface area contributed by atoms with Crippen LogP contribution in [0.15, 0.2) is 46.9 Å². The number of benzene rings is 2. The fraction of sp³-hybridized carbons (Fsp3) is 0.235. The predicted molar refractivity (Wildman–Crippen MR) is 97.3 cm³/mol. The van der Waals surface area contributed by atoms with Gasteiger partial charge in [-0.15, -0.1) is 0 Å². The lowest BCUT2D eigenvalue weighted by atomic mass is 10.2. The Balaban J connectivity index is 1.80. The summed E-state index contributed by atoms with van der Waals surface area (Å²) in [5.74, 6) is 0.293. The van der Waals surface area contributed by atoms with E-state index in [9.17, 15) is 4.79 Å². The second-order valence-corrected chi connectivity index (χ2v) is 6.52. The molecular weight excluding hydrogens is 380 g/mol. The minimum atomic E-state index is -0.194. The molecule has 0 atom stereocenters. The van der Waals surface area contributed by atoms with Crippen LogP contribution in [0, 0.1) is 0 Å². The molecule has 0 radical (unpaired) electrons. The molecule has 2 rings (SSSR count). The second-order valence-electron chi connectivity index (χ2n) is 5.20. The van der Waals surface area contributed by atoms with Crippen LogP contribution in [-0.4, -0.2) is 26.6 Å². The number of amides is 1. The van der Waals surface area contributed by atoms with Gasteiger partial charge in [0.1, 0.15) is 5.75 Å². The van der Waals surface area contributed by atoms with Gasteiger partial charge in [-0.25, -0.2) is 0 Å². The number of carbonyl (C=O) groups is 1. The van der Waals surface area contributed by atoms with E-state index in [4.69, 9.17) is 16.3 Å². The van der Waals surface area contributed by atoms with Crippen LogP contribution in [0.5, 0.6) is 5.75 Å². The summed E-state index contributed by atoms with van der Waals surface area (Å²) in [6.07, 6.45) is 0. The van der Waals surface area contributed by atoms with E-state index in [2.05, 4.69) is 21.2 Å². The summed E-state index contributed by atoms with van der Waals surface area (Å²) in [7, 11) is 3.97. The summed E-state index contributed by atoms with van der Waals surface area (Å²) in [6, 6.07) is 13.3. The minimum Gasteiger partial charge on any atom is -0.482 e. The number of nitrogens with zero attached hydrogens (tertiary/aromatic N) is 1. The van der Waals surface area contributed by atoms with Crippen molar-refractivity contribution in [3.05, 3.63) is 57.5 Å². The molecule has 0 aromatic heterocycles. The highest BCUT2D eigenvalue weighted by Crippen LogP contribution is 2.27. The van der Waals surface area contributed by atoms with Gasteiger partial charge in [-0.3, -0.25) is 4.79 Å². The van der Waals surface area contributed by atoms with Gasteiger partial charge in [-0.05, 0) is 35.9 Å². The molecule has 23 heavy (non-hydrogen) atoms. The van der Waals surface area contributed by atoms with Crippen LogP contribution in [-0.2, 0) is 11.3 Å². The van der Waals surface area contributed by atoms with Crippen molar-refractivity contribution in [2.24, 2.45) is 0 Å². The van der Waals surface area contributed by atoms with E-state index in [-0.39, 0.29) is 12.5 Å². The molecule has 1 amide bonds. The van der Waals surface area contributed by atoms with Gasteiger partial charge in [0.2, 0.25) is 0 Å². The average molecular weight is 398 g/mol. The van der Waals surface area contributed by atoms with Crippen molar-refractivity contribution in [2.75, 3.05) is 25.6 Å². The lowest BCUT2D eigenvalue weighted by Gasteiger charge is -2.13. The van der Waals surface area contributed by atoms with Crippen LogP contribution in [0.1, 0.15) is 5.56 Å². The fourth-order valence-corrected chi connectivity index (χ4v) is 2.63. The normalized spacial score (nSPS) is 10.3. The molecule has 0 spiro atoms. The van der Waals surface area contributed by atoms with Crippen molar-refractivity contribution >= 4 is 39.1 Å². The second kappa shape index (κ2) is 8.22. The molecule has 0 bridgehead atoms. The third kappa shape index (κ3) is 5.44. The molecule has 1 N–H and O–H groups in total. The van der Waals surface area contributed by atoms with Gasteiger partial charge in [-0.2, -0.15) is 0 Å².